The molecule has 0 aliphatic heterocycles. The molecule has 15 heavy (non-hydrogen) atoms. The topological polar surface area (TPSA) is 49.5 Å². The summed E-state index contributed by atoms with van der Waals surface area (Å²) < 4.78 is 0. The minimum Gasteiger partial charge on any atom is -0.394 e. The number of nitrogens with zero attached hydrogens (tertiary/aromatic N) is 1. The van der Waals surface area contributed by atoms with E-state index in [9.17, 15) is 0 Å². The smallest absolute Gasteiger partial charge is 0.0608 e. The summed E-state index contributed by atoms with van der Waals surface area (Å²) in [6.45, 7) is 10.8. The van der Waals surface area contributed by atoms with Crippen molar-refractivity contribution in [2.45, 2.75) is 46.1 Å². The van der Waals surface area contributed by atoms with E-state index in [-0.39, 0.29) is 6.61 Å². The van der Waals surface area contributed by atoms with Crippen LogP contribution in [0.2, 0.25) is 0 Å². The Balaban J connectivity index is 3.69. The molecule has 0 radical (unpaired) electrons. The lowest BCUT2D eigenvalue weighted by molar-refractivity contribution is 0.182. The maximum Gasteiger partial charge on any atom is 0.0608 e. The van der Waals surface area contributed by atoms with Crippen molar-refractivity contribution in [3.05, 3.63) is 0 Å². The third-order valence-electron chi connectivity index (χ3n) is 2.39. The van der Waals surface area contributed by atoms with E-state index in [2.05, 4.69) is 32.7 Å². The Morgan fingerprint density at radius 3 is 2.13 bits per heavy atom. The molecule has 0 aromatic heterocycles. The second-order valence-corrected chi connectivity index (χ2v) is 6.21. The largest absolute Gasteiger partial charge is 0.394 e. The molecule has 0 aromatic rings. The summed E-state index contributed by atoms with van der Waals surface area (Å²) >= 11 is 0. The van der Waals surface area contributed by atoms with Crippen LogP contribution in [0.5, 0.6) is 0 Å². The average molecular weight is 216 g/mol. The van der Waals surface area contributed by atoms with Gasteiger partial charge in [0.05, 0.1) is 6.61 Å². The number of rotatable bonds is 6. The first-order valence-electron chi connectivity index (χ1n) is 5.75. The van der Waals surface area contributed by atoms with E-state index in [0.29, 0.717) is 5.41 Å². The third-order valence-corrected chi connectivity index (χ3v) is 2.39. The summed E-state index contributed by atoms with van der Waals surface area (Å²) in [6, 6.07) is 0. The van der Waals surface area contributed by atoms with Gasteiger partial charge < -0.3 is 15.7 Å². The van der Waals surface area contributed by atoms with Gasteiger partial charge in [0.15, 0.2) is 0 Å². The van der Waals surface area contributed by atoms with Crippen LogP contribution < -0.4 is 5.73 Å². The summed E-state index contributed by atoms with van der Waals surface area (Å²) in [5.74, 6) is 0. The number of nitrogens with two attached hydrogens (primary N) is 1. The molecule has 0 aliphatic rings. The zero-order valence-corrected chi connectivity index (χ0v) is 11.0. The third kappa shape index (κ3) is 8.85. The van der Waals surface area contributed by atoms with Gasteiger partial charge >= 0.3 is 0 Å². The first kappa shape index (κ1) is 14.9. The van der Waals surface area contributed by atoms with Crippen LogP contribution in [0.3, 0.4) is 0 Å². The SMILES string of the molecule is CN(CCCC(C)(N)CO)CC(C)(C)C. The second-order valence-electron chi connectivity index (χ2n) is 6.21. The van der Waals surface area contributed by atoms with Gasteiger partial charge in [-0.25, -0.2) is 0 Å². The number of aliphatic hydroxyl groups excluding tert-OH is 1. The van der Waals surface area contributed by atoms with Crippen molar-refractivity contribution in [3.8, 4) is 0 Å². The Labute approximate surface area is 94.6 Å². The predicted octanol–water partition coefficient (Wildman–Crippen LogP) is 1.45. The number of hydrogen-bond acceptors (Lipinski definition) is 3. The predicted molar refractivity (Wildman–Crippen MR) is 65.9 cm³/mol. The Kier molecular flexibility index (Phi) is 5.78. The van der Waals surface area contributed by atoms with Gasteiger partial charge in [-0.05, 0) is 38.8 Å². The summed E-state index contributed by atoms with van der Waals surface area (Å²) in [6.07, 6.45) is 1.91. The molecule has 3 nitrogen and oxygen atoms in total. The van der Waals surface area contributed by atoms with Crippen LogP contribution in [0, 0.1) is 5.41 Å². The van der Waals surface area contributed by atoms with E-state index >= 15 is 0 Å². The molecule has 0 bridgehead atoms. The van der Waals surface area contributed by atoms with E-state index in [1.54, 1.807) is 0 Å². The molecule has 92 valence electrons. The minimum absolute atomic E-state index is 0.0655. The maximum absolute atomic E-state index is 9.01. The lowest BCUT2D eigenvalue weighted by Crippen LogP contribution is -2.41. The van der Waals surface area contributed by atoms with Crippen LogP contribution in [0.15, 0.2) is 0 Å². The average Bonchev–Trinajstić information content (AvgIpc) is 2.00. The molecular formula is C12H28N2O. The molecule has 0 saturated carbocycles. The lowest BCUT2D eigenvalue weighted by atomic mass is 9.95. The molecule has 0 aromatic carbocycles. The van der Waals surface area contributed by atoms with Crippen LogP contribution in [0.1, 0.15) is 40.5 Å². The van der Waals surface area contributed by atoms with Crippen LogP contribution in [0.25, 0.3) is 0 Å². The van der Waals surface area contributed by atoms with Gasteiger partial charge in [-0.2, -0.15) is 0 Å². The Morgan fingerprint density at radius 1 is 1.20 bits per heavy atom. The molecule has 3 N–H and O–H groups in total. The first-order valence-corrected chi connectivity index (χ1v) is 5.75. The molecule has 3 heteroatoms. The minimum atomic E-state index is -0.414. The number of hydrogen-bond donors (Lipinski definition) is 2. The molecule has 0 fully saturated rings. The molecule has 0 heterocycles. The summed E-state index contributed by atoms with van der Waals surface area (Å²) in [4.78, 5) is 2.33. The van der Waals surface area contributed by atoms with Crippen LogP contribution >= 0.6 is 0 Å². The van der Waals surface area contributed by atoms with Gasteiger partial charge in [0.25, 0.3) is 0 Å². The zero-order chi connectivity index (χ0) is 12.1. The highest BCUT2D eigenvalue weighted by Crippen LogP contribution is 2.15. The van der Waals surface area contributed by atoms with Crippen LogP contribution in [0.4, 0.5) is 0 Å². The fourth-order valence-corrected chi connectivity index (χ4v) is 1.72. The quantitative estimate of drug-likeness (QED) is 0.706. The van der Waals surface area contributed by atoms with E-state index in [4.69, 9.17) is 10.8 Å². The Hall–Kier alpha value is -0.120. The van der Waals surface area contributed by atoms with E-state index in [0.717, 1.165) is 25.9 Å². The van der Waals surface area contributed by atoms with Crippen LogP contribution in [-0.4, -0.2) is 42.3 Å². The molecule has 0 spiro atoms. The Morgan fingerprint density at radius 2 is 1.73 bits per heavy atom. The number of aliphatic hydroxyl groups is 1. The summed E-state index contributed by atoms with van der Waals surface area (Å²) in [5.41, 5.74) is 5.79. The fraction of sp³-hybridized carbons (Fsp3) is 1.00. The summed E-state index contributed by atoms with van der Waals surface area (Å²) in [5, 5.41) is 9.01. The molecule has 0 rings (SSSR count). The normalized spacial score (nSPS) is 16.8. The summed E-state index contributed by atoms with van der Waals surface area (Å²) in [7, 11) is 2.14. The van der Waals surface area contributed by atoms with Gasteiger partial charge in [-0.3, -0.25) is 0 Å². The van der Waals surface area contributed by atoms with Crippen molar-refractivity contribution in [1.82, 2.24) is 4.90 Å². The highest BCUT2D eigenvalue weighted by atomic mass is 16.3. The Bertz CT molecular complexity index is 173. The van der Waals surface area contributed by atoms with Crippen molar-refractivity contribution >= 4 is 0 Å². The van der Waals surface area contributed by atoms with E-state index in [1.165, 1.54) is 0 Å². The maximum atomic E-state index is 9.01. The molecule has 1 atom stereocenters. The lowest BCUT2D eigenvalue weighted by Gasteiger charge is -2.28. The van der Waals surface area contributed by atoms with Gasteiger partial charge in [-0.15, -0.1) is 0 Å². The van der Waals surface area contributed by atoms with Crippen LogP contribution in [-0.2, 0) is 0 Å². The van der Waals surface area contributed by atoms with Crippen molar-refractivity contribution in [2.75, 3.05) is 26.7 Å². The molecule has 0 saturated heterocycles. The second kappa shape index (κ2) is 5.83. The highest BCUT2D eigenvalue weighted by Gasteiger charge is 2.17. The molecule has 0 aliphatic carbocycles. The molecular weight excluding hydrogens is 188 g/mol. The van der Waals surface area contributed by atoms with Gasteiger partial charge in [0, 0.05) is 12.1 Å². The van der Waals surface area contributed by atoms with E-state index < -0.39 is 5.54 Å². The molecule has 0 amide bonds. The highest BCUT2D eigenvalue weighted by molar-refractivity contribution is 4.77. The van der Waals surface area contributed by atoms with E-state index in [1.807, 2.05) is 6.92 Å². The van der Waals surface area contributed by atoms with Crippen molar-refractivity contribution in [1.29, 1.82) is 0 Å². The fourth-order valence-electron chi connectivity index (χ4n) is 1.72. The van der Waals surface area contributed by atoms with Crippen molar-refractivity contribution < 1.29 is 5.11 Å². The van der Waals surface area contributed by atoms with Crippen molar-refractivity contribution in [2.24, 2.45) is 11.1 Å². The first-order chi connectivity index (χ1) is 6.66. The van der Waals surface area contributed by atoms with Gasteiger partial charge in [-0.1, -0.05) is 20.8 Å². The van der Waals surface area contributed by atoms with Gasteiger partial charge in [0.1, 0.15) is 0 Å². The van der Waals surface area contributed by atoms with Crippen molar-refractivity contribution in [3.63, 3.8) is 0 Å². The van der Waals surface area contributed by atoms with Gasteiger partial charge in [0.2, 0.25) is 0 Å². The monoisotopic (exact) mass is 216 g/mol. The zero-order valence-electron chi connectivity index (χ0n) is 11.0. The molecule has 1 unspecified atom stereocenters. The standard InChI is InChI=1S/C12H28N2O/c1-11(2,3)9-14(5)8-6-7-12(4,13)10-15/h15H,6-10,13H2,1-5H3.